The number of nitrogens with zero attached hydrogens (tertiary/aromatic N) is 1. The van der Waals surface area contributed by atoms with E-state index in [1.165, 1.54) is 4.31 Å². The number of aliphatic hydroxyl groups is 1. The first-order valence-electron chi connectivity index (χ1n) is 6.90. The van der Waals surface area contributed by atoms with Crippen LogP contribution in [0.3, 0.4) is 0 Å². The molecule has 2 atom stereocenters. The van der Waals surface area contributed by atoms with Crippen molar-refractivity contribution in [3.63, 3.8) is 0 Å². The summed E-state index contributed by atoms with van der Waals surface area (Å²) in [7, 11) is -1.91. The second kappa shape index (κ2) is 8.16. The van der Waals surface area contributed by atoms with Crippen LogP contribution in [0.4, 0.5) is 0 Å². The van der Waals surface area contributed by atoms with Gasteiger partial charge in [-0.15, -0.1) is 0 Å². The van der Waals surface area contributed by atoms with Crippen LogP contribution in [-0.4, -0.2) is 57.3 Å². The molecule has 6 nitrogen and oxygen atoms in total. The Morgan fingerprint density at radius 3 is 2.84 bits per heavy atom. The number of hydrogen-bond acceptors (Lipinski definition) is 4. The molecule has 0 aromatic rings. The summed E-state index contributed by atoms with van der Waals surface area (Å²) in [5.41, 5.74) is 0. The highest BCUT2D eigenvalue weighted by Gasteiger charge is 2.30. The molecule has 0 aromatic carbocycles. The lowest BCUT2D eigenvalue weighted by Crippen LogP contribution is -2.50. The predicted octanol–water partition coefficient (Wildman–Crippen LogP) is 0.340. The van der Waals surface area contributed by atoms with Crippen molar-refractivity contribution < 1.29 is 18.3 Å². The Kier molecular flexibility index (Phi) is 7.23. The van der Waals surface area contributed by atoms with Crippen LogP contribution in [0.5, 0.6) is 0 Å². The molecule has 1 heterocycles. The fraction of sp³-hybridized carbons (Fsp3) is 1.00. The van der Waals surface area contributed by atoms with E-state index in [9.17, 15) is 8.42 Å². The highest BCUT2D eigenvalue weighted by atomic mass is 32.2. The fourth-order valence-electron chi connectivity index (χ4n) is 2.41. The van der Waals surface area contributed by atoms with Gasteiger partial charge in [0.1, 0.15) is 0 Å². The van der Waals surface area contributed by atoms with Crippen LogP contribution < -0.4 is 4.72 Å². The molecule has 0 bridgehead atoms. The molecule has 1 fully saturated rings. The minimum atomic E-state index is -3.48. The van der Waals surface area contributed by atoms with Crippen molar-refractivity contribution in [3.8, 4) is 0 Å². The molecule has 114 valence electrons. The van der Waals surface area contributed by atoms with Crippen molar-refractivity contribution in [2.75, 3.05) is 33.4 Å². The topological polar surface area (TPSA) is 78.9 Å². The SMILES string of the molecule is CCCC(COC)NS(=O)(=O)N1CCCC(CO)C1. The third-order valence-electron chi connectivity index (χ3n) is 3.40. The zero-order chi connectivity index (χ0) is 14.3. The molecule has 0 aromatic heterocycles. The Morgan fingerprint density at radius 2 is 2.26 bits per heavy atom. The van der Waals surface area contributed by atoms with Crippen molar-refractivity contribution in [3.05, 3.63) is 0 Å². The summed E-state index contributed by atoms with van der Waals surface area (Å²) in [5, 5.41) is 9.16. The molecule has 1 aliphatic rings. The molecule has 0 amide bonds. The number of hydrogen-bond donors (Lipinski definition) is 2. The quantitative estimate of drug-likeness (QED) is 0.676. The number of aliphatic hydroxyl groups excluding tert-OH is 1. The van der Waals surface area contributed by atoms with Gasteiger partial charge in [-0.05, 0) is 25.2 Å². The third kappa shape index (κ3) is 5.35. The Morgan fingerprint density at radius 1 is 1.53 bits per heavy atom. The molecule has 7 heteroatoms. The van der Waals surface area contributed by atoms with Gasteiger partial charge in [0, 0.05) is 32.8 Å². The summed E-state index contributed by atoms with van der Waals surface area (Å²) in [5.74, 6) is 0.0531. The Hall–Kier alpha value is -0.210. The molecule has 0 spiro atoms. The van der Waals surface area contributed by atoms with E-state index in [1.54, 1.807) is 7.11 Å². The summed E-state index contributed by atoms with van der Waals surface area (Å²) in [6, 6.07) is -0.186. The lowest BCUT2D eigenvalue weighted by molar-refractivity contribution is 0.158. The Labute approximate surface area is 116 Å². The van der Waals surface area contributed by atoms with Gasteiger partial charge in [0.2, 0.25) is 0 Å². The maximum Gasteiger partial charge on any atom is 0.279 e. The van der Waals surface area contributed by atoms with Gasteiger partial charge in [-0.2, -0.15) is 17.4 Å². The zero-order valence-corrected chi connectivity index (χ0v) is 12.7. The lowest BCUT2D eigenvalue weighted by atomic mass is 10.0. The lowest BCUT2D eigenvalue weighted by Gasteiger charge is -2.32. The zero-order valence-electron chi connectivity index (χ0n) is 11.8. The molecule has 0 radical (unpaired) electrons. The van der Waals surface area contributed by atoms with Gasteiger partial charge >= 0.3 is 0 Å². The van der Waals surface area contributed by atoms with Gasteiger partial charge in [0.25, 0.3) is 10.2 Å². The number of methoxy groups -OCH3 is 1. The Balaban J connectivity index is 2.62. The Bertz CT molecular complexity index is 342. The van der Waals surface area contributed by atoms with E-state index in [1.807, 2.05) is 6.92 Å². The molecular formula is C12H26N2O4S. The highest BCUT2D eigenvalue weighted by molar-refractivity contribution is 7.87. The maximum atomic E-state index is 12.3. The van der Waals surface area contributed by atoms with Gasteiger partial charge in [-0.3, -0.25) is 0 Å². The highest BCUT2D eigenvalue weighted by Crippen LogP contribution is 2.18. The minimum Gasteiger partial charge on any atom is -0.396 e. The third-order valence-corrected chi connectivity index (χ3v) is 5.04. The summed E-state index contributed by atoms with van der Waals surface area (Å²) in [6.07, 6.45) is 3.34. The van der Waals surface area contributed by atoms with Crippen LogP contribution >= 0.6 is 0 Å². The minimum absolute atomic E-state index is 0.0441. The number of ether oxygens (including phenoxy) is 1. The van der Waals surface area contributed by atoms with E-state index < -0.39 is 10.2 Å². The van der Waals surface area contributed by atoms with Crippen molar-refractivity contribution in [1.29, 1.82) is 0 Å². The summed E-state index contributed by atoms with van der Waals surface area (Å²) in [4.78, 5) is 0. The molecule has 2 N–H and O–H groups in total. The average Bonchev–Trinajstić information content (AvgIpc) is 2.39. The second-order valence-electron chi connectivity index (χ2n) is 5.11. The summed E-state index contributed by atoms with van der Waals surface area (Å²) < 4.78 is 33.8. The van der Waals surface area contributed by atoms with Gasteiger partial charge in [0.05, 0.1) is 6.61 Å². The molecule has 19 heavy (non-hydrogen) atoms. The first kappa shape index (κ1) is 16.8. The molecule has 0 aliphatic carbocycles. The molecule has 2 unspecified atom stereocenters. The van der Waals surface area contributed by atoms with Crippen molar-refractivity contribution >= 4 is 10.2 Å². The van der Waals surface area contributed by atoms with E-state index >= 15 is 0 Å². The van der Waals surface area contributed by atoms with E-state index in [0.717, 1.165) is 25.7 Å². The van der Waals surface area contributed by atoms with Crippen LogP contribution in [-0.2, 0) is 14.9 Å². The van der Waals surface area contributed by atoms with E-state index in [-0.39, 0.29) is 18.6 Å². The number of rotatable bonds is 8. The normalized spacial score (nSPS) is 23.4. The number of piperidine rings is 1. The first-order chi connectivity index (χ1) is 9.03. The molecular weight excluding hydrogens is 268 g/mol. The van der Waals surface area contributed by atoms with E-state index in [0.29, 0.717) is 19.7 Å². The van der Waals surface area contributed by atoms with Crippen LogP contribution in [0.1, 0.15) is 32.6 Å². The van der Waals surface area contributed by atoms with Crippen molar-refractivity contribution in [2.45, 2.75) is 38.6 Å². The van der Waals surface area contributed by atoms with Crippen LogP contribution in [0.2, 0.25) is 0 Å². The smallest absolute Gasteiger partial charge is 0.279 e. The van der Waals surface area contributed by atoms with Crippen molar-refractivity contribution in [2.24, 2.45) is 5.92 Å². The largest absolute Gasteiger partial charge is 0.396 e. The fourth-order valence-corrected chi connectivity index (χ4v) is 3.94. The predicted molar refractivity (Wildman–Crippen MR) is 74.0 cm³/mol. The van der Waals surface area contributed by atoms with E-state index in [2.05, 4.69) is 4.72 Å². The average molecular weight is 294 g/mol. The summed E-state index contributed by atoms with van der Waals surface area (Å²) >= 11 is 0. The molecule has 1 saturated heterocycles. The van der Waals surface area contributed by atoms with Gasteiger partial charge in [0.15, 0.2) is 0 Å². The molecule has 1 rings (SSSR count). The van der Waals surface area contributed by atoms with Gasteiger partial charge in [-0.1, -0.05) is 13.3 Å². The standard InChI is InChI=1S/C12H26N2O4S/c1-3-5-12(10-18-2)13-19(16,17)14-7-4-6-11(8-14)9-15/h11-13,15H,3-10H2,1-2H3. The van der Waals surface area contributed by atoms with Crippen molar-refractivity contribution in [1.82, 2.24) is 9.03 Å². The molecule has 1 aliphatic heterocycles. The van der Waals surface area contributed by atoms with Gasteiger partial charge < -0.3 is 9.84 Å². The number of nitrogens with one attached hydrogen (secondary N) is 1. The molecule has 0 saturated carbocycles. The maximum absolute atomic E-state index is 12.3. The second-order valence-corrected chi connectivity index (χ2v) is 6.81. The van der Waals surface area contributed by atoms with Crippen LogP contribution in [0.15, 0.2) is 0 Å². The first-order valence-corrected chi connectivity index (χ1v) is 8.34. The van der Waals surface area contributed by atoms with Crippen LogP contribution in [0.25, 0.3) is 0 Å². The van der Waals surface area contributed by atoms with Crippen LogP contribution in [0, 0.1) is 5.92 Å². The monoisotopic (exact) mass is 294 g/mol. The summed E-state index contributed by atoms with van der Waals surface area (Å²) in [6.45, 7) is 3.36. The van der Waals surface area contributed by atoms with E-state index in [4.69, 9.17) is 9.84 Å². The van der Waals surface area contributed by atoms with Gasteiger partial charge in [-0.25, -0.2) is 0 Å².